The summed E-state index contributed by atoms with van der Waals surface area (Å²) in [7, 11) is -1.58. The van der Waals surface area contributed by atoms with Crippen LogP contribution in [-0.2, 0) is 18.5 Å². The van der Waals surface area contributed by atoms with Crippen molar-refractivity contribution in [3.05, 3.63) is 60.0 Å². The van der Waals surface area contributed by atoms with Crippen molar-refractivity contribution in [2.75, 3.05) is 25.1 Å². The molecule has 4 heterocycles. The summed E-state index contributed by atoms with van der Waals surface area (Å²) in [6.07, 6.45) is 1.09. The van der Waals surface area contributed by atoms with E-state index in [1.807, 2.05) is 6.07 Å². The highest BCUT2D eigenvalue weighted by Crippen LogP contribution is 2.55. The molecule has 0 saturated carbocycles. The molecule has 40 heavy (non-hydrogen) atoms. The molecule has 2 aromatic heterocycles. The van der Waals surface area contributed by atoms with Crippen LogP contribution in [-0.4, -0.2) is 79.7 Å². The number of benzene rings is 1. The molecule has 5 rings (SSSR count). The number of aromatic nitrogens is 4. The van der Waals surface area contributed by atoms with Gasteiger partial charge >= 0.3 is 0 Å². The first kappa shape index (κ1) is 27.1. The van der Waals surface area contributed by atoms with Crippen molar-refractivity contribution in [3.63, 3.8) is 0 Å². The van der Waals surface area contributed by atoms with Gasteiger partial charge < -0.3 is 28.7 Å². The zero-order chi connectivity index (χ0) is 29.1. The Kier molecular flexibility index (Phi) is 8.03. The number of anilines is 1. The topological polar surface area (TPSA) is 117 Å². The van der Waals surface area contributed by atoms with Crippen molar-refractivity contribution in [1.82, 2.24) is 24.2 Å². The van der Waals surface area contributed by atoms with Crippen molar-refractivity contribution >= 4 is 31.4 Å². The van der Waals surface area contributed by atoms with E-state index in [0.717, 1.165) is 0 Å². The number of rotatable bonds is 11. The lowest BCUT2D eigenvalue weighted by Crippen LogP contribution is -2.40. The third-order valence-electron chi connectivity index (χ3n) is 6.73. The highest BCUT2D eigenvalue weighted by Gasteiger charge is 2.62. The molecule has 0 radical (unpaired) electrons. The summed E-state index contributed by atoms with van der Waals surface area (Å²) in [5.74, 6) is -0.0383. The summed E-state index contributed by atoms with van der Waals surface area (Å²) in [6.45, 7) is 16.0. The number of fused-ring (bicyclic) bond motifs is 3. The van der Waals surface area contributed by atoms with Crippen LogP contribution in [0.15, 0.2) is 43.0 Å². The number of carbonyl (C=O) groups excluding carboxylic acids is 1. The summed E-state index contributed by atoms with van der Waals surface area (Å²) in [4.78, 5) is 29.4. The monoisotopic (exact) mass is 568 g/mol. The molecule has 0 spiro atoms. The lowest BCUT2D eigenvalue weighted by molar-refractivity contribution is -0.164. The van der Waals surface area contributed by atoms with Crippen molar-refractivity contribution in [2.45, 2.75) is 70.7 Å². The maximum atomic E-state index is 12.8. The highest BCUT2D eigenvalue weighted by molar-refractivity contribution is 7.44. The first-order valence-electron chi connectivity index (χ1n) is 13.8. The fourth-order valence-corrected chi connectivity index (χ4v) is 6.80. The van der Waals surface area contributed by atoms with Crippen LogP contribution in [0, 0.1) is 6.57 Å². The van der Waals surface area contributed by atoms with Crippen LogP contribution in [0.5, 0.6) is 0 Å². The van der Waals surface area contributed by atoms with Gasteiger partial charge in [0.15, 0.2) is 23.2 Å². The van der Waals surface area contributed by atoms with Crippen molar-refractivity contribution in [3.8, 4) is 0 Å². The van der Waals surface area contributed by atoms with Crippen molar-refractivity contribution in [1.29, 1.82) is 0 Å². The number of nitrogens with one attached hydrogen (secondary N) is 1. The van der Waals surface area contributed by atoms with Gasteiger partial charge in [-0.1, -0.05) is 18.2 Å². The maximum Gasteiger partial charge on any atom is 0.259 e. The normalized spacial score (nSPS) is 25.1. The molecule has 1 N–H and O–H groups in total. The molecular weight excluding hydrogens is 533 g/mol. The Labute approximate surface area is 236 Å². The Hall–Kier alpha value is -3.04. The van der Waals surface area contributed by atoms with Gasteiger partial charge in [-0.05, 0) is 46.7 Å². The van der Waals surface area contributed by atoms with Gasteiger partial charge in [0.25, 0.3) is 14.4 Å². The number of imidazole rings is 1. The van der Waals surface area contributed by atoms with Gasteiger partial charge in [0.05, 0.1) is 12.9 Å². The minimum Gasteiger partial charge on any atom is -0.368 e. The van der Waals surface area contributed by atoms with E-state index in [-0.39, 0.29) is 50.5 Å². The molecule has 5 atom stereocenters. The van der Waals surface area contributed by atoms with Crippen LogP contribution in [0.3, 0.4) is 0 Å². The van der Waals surface area contributed by atoms with Crippen LogP contribution < -0.4 is 5.32 Å². The van der Waals surface area contributed by atoms with E-state index in [9.17, 15) is 4.79 Å². The van der Waals surface area contributed by atoms with Gasteiger partial charge in [0.1, 0.15) is 30.7 Å². The zero-order valence-corrected chi connectivity index (χ0v) is 23.8. The molecule has 2 aliphatic heterocycles. The quantitative estimate of drug-likeness (QED) is 0.204. The van der Waals surface area contributed by atoms with Crippen molar-refractivity contribution < 1.29 is 24.7 Å². The van der Waals surface area contributed by atoms with Gasteiger partial charge in [0, 0.05) is 19.0 Å². The molecule has 2 bridgehead atoms. The molecule has 2 fully saturated rings. The zero-order valence-electron chi connectivity index (χ0n) is 23.9. The molecule has 0 aliphatic carbocycles. The summed E-state index contributed by atoms with van der Waals surface area (Å²) in [6, 6.07) is 9.09. The number of ether oxygens (including phenoxy) is 2. The smallest absolute Gasteiger partial charge is 0.259 e. The number of nitrogens with zero attached hydrogens (tertiary/aromatic N) is 6. The predicted molar refractivity (Wildman–Crippen MR) is 149 cm³/mol. The van der Waals surface area contributed by atoms with Crippen LogP contribution in [0.1, 0.15) is 52.6 Å². The van der Waals surface area contributed by atoms with Crippen LogP contribution in [0.25, 0.3) is 16.0 Å². The number of hydrogen-bond donors (Lipinski definition) is 1. The molecular formula is C27H34N7O5P. The van der Waals surface area contributed by atoms with Crippen LogP contribution in [0.4, 0.5) is 5.82 Å². The third-order valence-corrected chi connectivity index (χ3v) is 8.84. The first-order valence-corrected chi connectivity index (χ1v) is 14.3. The number of hydrogen-bond acceptors (Lipinski definition) is 9. The minimum atomic E-state index is -1.58. The lowest BCUT2D eigenvalue weighted by Gasteiger charge is -2.37. The largest absolute Gasteiger partial charge is 0.368 e. The van der Waals surface area contributed by atoms with Gasteiger partial charge in [-0.15, -0.1) is 0 Å². The standard InChI is InChI=1S/C27H34N7O5P/c1-17(2)34(18(3)4)40(37-13-12-28-6)39-22-21-26(38-27(22,5)14-36-21)33-16-31-20-23(29-15-30-24(20)33)32-25(35)19-10-8-7-9-11-19/h7-11,15-18,21-22,26H,12-14H2,1-5H3,(H,29,30,32,35)/t21-,22+,26-,27+,40?/m1/s1/i5D. The summed E-state index contributed by atoms with van der Waals surface area (Å²) >= 11 is 0. The second-order valence-corrected chi connectivity index (χ2v) is 11.7. The van der Waals surface area contributed by atoms with Crippen LogP contribution in [0.2, 0.25) is 0 Å². The molecule has 212 valence electrons. The van der Waals surface area contributed by atoms with E-state index >= 15 is 0 Å². The lowest BCUT2D eigenvalue weighted by atomic mass is 10.0. The van der Waals surface area contributed by atoms with Gasteiger partial charge in [-0.2, -0.15) is 0 Å². The number of carbonyl (C=O) groups is 1. The Morgan fingerprint density at radius 3 is 2.77 bits per heavy atom. The van der Waals surface area contributed by atoms with E-state index in [0.29, 0.717) is 16.7 Å². The molecule has 13 heteroatoms. The average molecular weight is 569 g/mol. The van der Waals surface area contributed by atoms with Crippen molar-refractivity contribution in [2.24, 2.45) is 0 Å². The van der Waals surface area contributed by atoms with E-state index in [4.69, 9.17) is 26.5 Å². The van der Waals surface area contributed by atoms with Gasteiger partial charge in [0.2, 0.25) is 6.54 Å². The Morgan fingerprint density at radius 1 is 1.30 bits per heavy atom. The van der Waals surface area contributed by atoms with E-state index in [1.54, 1.807) is 35.2 Å². The first-order chi connectivity index (χ1) is 19.8. The minimum absolute atomic E-state index is 0.0841. The Balaban J connectivity index is 1.42. The van der Waals surface area contributed by atoms with E-state index < -0.39 is 32.6 Å². The second kappa shape index (κ2) is 11.8. The summed E-state index contributed by atoms with van der Waals surface area (Å²) in [5, 5.41) is 2.82. The molecule has 1 aromatic carbocycles. The van der Waals surface area contributed by atoms with Gasteiger partial charge in [-0.25, -0.2) is 26.2 Å². The molecule has 1 unspecified atom stereocenters. The summed E-state index contributed by atoms with van der Waals surface area (Å²) in [5.41, 5.74) is 0.320. The fraction of sp³-hybridized carbons (Fsp3) is 0.519. The molecule has 12 nitrogen and oxygen atoms in total. The maximum absolute atomic E-state index is 12.8. The number of amides is 1. The Bertz CT molecular complexity index is 1400. The Morgan fingerprint density at radius 2 is 2.08 bits per heavy atom. The predicted octanol–water partition coefficient (Wildman–Crippen LogP) is 4.43. The molecule has 3 aromatic rings. The summed E-state index contributed by atoms with van der Waals surface area (Å²) < 4.78 is 37.8. The highest BCUT2D eigenvalue weighted by atomic mass is 31.2. The third kappa shape index (κ3) is 5.46. The fourth-order valence-electron chi connectivity index (χ4n) is 5.00. The van der Waals surface area contributed by atoms with E-state index in [1.165, 1.54) is 6.33 Å². The second-order valence-electron chi connectivity index (χ2n) is 10.3. The molecule has 2 saturated heterocycles. The molecule has 2 aliphatic rings. The average Bonchev–Trinajstić information content (AvgIpc) is 3.63. The SMILES string of the molecule is [2H]C[C@@]12CO[C@@H]([C@H](n3cnc4c(NC(=O)c5ccccc5)ncnc43)O1)[C@@H]2OP(OCC[N+]#[C-])N(C(C)C)C(C)C. The van der Waals surface area contributed by atoms with E-state index in [2.05, 4.69) is 57.5 Å². The molecule has 1 amide bonds. The van der Waals surface area contributed by atoms with Gasteiger partial charge in [-0.3, -0.25) is 9.36 Å². The van der Waals surface area contributed by atoms with Crippen LogP contribution >= 0.6 is 8.53 Å².